The minimum absolute atomic E-state index is 0.118. The van der Waals surface area contributed by atoms with Crippen LogP contribution in [-0.4, -0.2) is 34.4 Å². The molecule has 2 aromatic rings. The first kappa shape index (κ1) is 13.2. The van der Waals surface area contributed by atoms with Gasteiger partial charge in [-0.05, 0) is 36.5 Å². The monoisotopic (exact) mass is 288 g/mol. The van der Waals surface area contributed by atoms with Crippen molar-refractivity contribution in [1.29, 1.82) is 0 Å². The molecule has 2 aromatic heterocycles. The van der Waals surface area contributed by atoms with Crippen molar-refractivity contribution < 1.29 is 4.79 Å². The highest BCUT2D eigenvalue weighted by molar-refractivity contribution is 7.10. The molecule has 104 valence electrons. The number of hydrogen-bond acceptors (Lipinski definition) is 5. The number of carbonyl (C=O) groups excluding carboxylic acids is 1. The van der Waals surface area contributed by atoms with Crippen molar-refractivity contribution in [2.24, 2.45) is 0 Å². The van der Waals surface area contributed by atoms with E-state index in [1.807, 2.05) is 18.0 Å². The molecule has 1 unspecified atom stereocenters. The molecule has 0 spiro atoms. The van der Waals surface area contributed by atoms with Gasteiger partial charge in [0.1, 0.15) is 12.4 Å². The van der Waals surface area contributed by atoms with Gasteiger partial charge in [0, 0.05) is 17.6 Å². The highest BCUT2D eigenvalue weighted by Gasteiger charge is 2.30. The lowest BCUT2D eigenvalue weighted by atomic mass is 10.1. The van der Waals surface area contributed by atoms with Crippen LogP contribution in [0.5, 0.6) is 0 Å². The molecular weight excluding hydrogens is 272 g/mol. The second-order valence-corrected chi connectivity index (χ2v) is 5.69. The molecule has 3 heterocycles. The quantitative estimate of drug-likeness (QED) is 0.927. The summed E-state index contributed by atoms with van der Waals surface area (Å²) < 4.78 is 0. The Morgan fingerprint density at radius 1 is 1.50 bits per heavy atom. The molecule has 0 aliphatic carbocycles. The van der Waals surface area contributed by atoms with Crippen molar-refractivity contribution >= 4 is 17.2 Å². The van der Waals surface area contributed by atoms with Crippen LogP contribution in [-0.2, 0) is 17.8 Å². The third-order valence-corrected chi connectivity index (χ3v) is 4.56. The van der Waals surface area contributed by atoms with Crippen molar-refractivity contribution in [3.8, 4) is 0 Å². The maximum Gasteiger partial charge on any atom is 0.245 e. The van der Waals surface area contributed by atoms with E-state index in [2.05, 4.69) is 26.7 Å². The van der Waals surface area contributed by atoms with E-state index in [9.17, 15) is 4.79 Å². The highest BCUT2D eigenvalue weighted by Crippen LogP contribution is 2.29. The molecule has 1 aliphatic heterocycles. The fourth-order valence-corrected chi connectivity index (χ4v) is 3.54. The lowest BCUT2D eigenvalue weighted by Crippen LogP contribution is -2.38. The second kappa shape index (κ2) is 5.68. The molecule has 20 heavy (non-hydrogen) atoms. The van der Waals surface area contributed by atoms with Crippen LogP contribution >= 0.6 is 11.3 Å². The fraction of sp³-hybridized carbons (Fsp3) is 0.357. The lowest BCUT2D eigenvalue weighted by Gasteiger charge is -2.23. The van der Waals surface area contributed by atoms with Crippen molar-refractivity contribution in [2.75, 3.05) is 13.6 Å². The Hall–Kier alpha value is -1.79. The smallest absolute Gasteiger partial charge is 0.245 e. The molecule has 0 aromatic carbocycles. The van der Waals surface area contributed by atoms with E-state index < -0.39 is 0 Å². The Kier molecular flexibility index (Phi) is 3.75. The SMILES string of the molecule is CNC1C(=O)N(Cc2ccncn2)CCc2ccsc21. The summed E-state index contributed by atoms with van der Waals surface area (Å²) >= 11 is 1.65. The number of likely N-dealkylation sites (N-methyl/N-ethyl adjacent to an activating group) is 1. The molecular formula is C14H16N4OS. The Morgan fingerprint density at radius 3 is 3.15 bits per heavy atom. The van der Waals surface area contributed by atoms with E-state index in [0.717, 1.165) is 23.5 Å². The average molecular weight is 288 g/mol. The number of amides is 1. The molecule has 1 aliphatic rings. The lowest BCUT2D eigenvalue weighted by molar-refractivity contribution is -0.133. The number of nitrogens with one attached hydrogen (secondary N) is 1. The average Bonchev–Trinajstić information content (AvgIpc) is 2.89. The van der Waals surface area contributed by atoms with Crippen LogP contribution in [0.1, 0.15) is 22.2 Å². The van der Waals surface area contributed by atoms with Gasteiger partial charge in [0.25, 0.3) is 0 Å². The largest absolute Gasteiger partial charge is 0.335 e. The molecule has 6 heteroatoms. The molecule has 0 saturated heterocycles. The minimum atomic E-state index is -0.241. The third kappa shape index (κ3) is 2.44. The van der Waals surface area contributed by atoms with Crippen LogP contribution in [0.4, 0.5) is 0 Å². The van der Waals surface area contributed by atoms with Crippen LogP contribution in [0.2, 0.25) is 0 Å². The number of hydrogen-bond donors (Lipinski definition) is 1. The summed E-state index contributed by atoms with van der Waals surface area (Å²) in [7, 11) is 1.83. The Morgan fingerprint density at radius 2 is 2.40 bits per heavy atom. The molecule has 0 radical (unpaired) electrons. The Balaban J connectivity index is 1.84. The topological polar surface area (TPSA) is 58.1 Å². The van der Waals surface area contributed by atoms with Gasteiger partial charge in [-0.3, -0.25) is 4.79 Å². The van der Waals surface area contributed by atoms with Crippen LogP contribution < -0.4 is 5.32 Å². The molecule has 3 rings (SSSR count). The number of rotatable bonds is 3. The maximum atomic E-state index is 12.7. The zero-order valence-corrected chi connectivity index (χ0v) is 12.1. The number of fused-ring (bicyclic) bond motifs is 1. The Bertz CT molecular complexity index is 598. The minimum Gasteiger partial charge on any atom is -0.335 e. The first-order valence-electron chi connectivity index (χ1n) is 6.57. The number of aromatic nitrogens is 2. The number of nitrogens with zero attached hydrogens (tertiary/aromatic N) is 3. The molecule has 0 bridgehead atoms. The standard InChI is InChI=1S/C14H16N4OS/c1-15-12-13-10(4-7-20-13)3-6-18(14(12)19)8-11-2-5-16-9-17-11/h2,4-5,7,9,12,15H,3,6,8H2,1H3. The van der Waals surface area contributed by atoms with E-state index in [1.165, 1.54) is 11.9 Å². The number of carbonyl (C=O) groups is 1. The third-order valence-electron chi connectivity index (χ3n) is 3.54. The van der Waals surface area contributed by atoms with E-state index in [0.29, 0.717) is 6.54 Å². The van der Waals surface area contributed by atoms with Crippen molar-refractivity contribution in [3.63, 3.8) is 0 Å². The second-order valence-electron chi connectivity index (χ2n) is 4.74. The maximum absolute atomic E-state index is 12.7. The summed E-state index contributed by atoms with van der Waals surface area (Å²) in [4.78, 5) is 23.8. The molecule has 1 atom stereocenters. The summed E-state index contributed by atoms with van der Waals surface area (Å²) in [6.07, 6.45) is 4.12. The Labute approximate surface area is 121 Å². The molecule has 5 nitrogen and oxygen atoms in total. The first-order chi connectivity index (χ1) is 9.79. The van der Waals surface area contributed by atoms with E-state index in [1.54, 1.807) is 17.5 Å². The molecule has 1 N–H and O–H groups in total. The van der Waals surface area contributed by atoms with Gasteiger partial charge in [-0.2, -0.15) is 0 Å². The van der Waals surface area contributed by atoms with Gasteiger partial charge in [0.2, 0.25) is 5.91 Å². The van der Waals surface area contributed by atoms with Crippen molar-refractivity contribution in [2.45, 2.75) is 19.0 Å². The van der Waals surface area contributed by atoms with Gasteiger partial charge in [0.15, 0.2) is 0 Å². The van der Waals surface area contributed by atoms with Gasteiger partial charge >= 0.3 is 0 Å². The van der Waals surface area contributed by atoms with Gasteiger partial charge in [-0.15, -0.1) is 11.3 Å². The van der Waals surface area contributed by atoms with Crippen LogP contribution in [0.25, 0.3) is 0 Å². The van der Waals surface area contributed by atoms with Crippen LogP contribution in [0.15, 0.2) is 30.0 Å². The molecule has 0 saturated carbocycles. The summed E-state index contributed by atoms with van der Waals surface area (Å²) in [6, 6.07) is 3.73. The molecule has 0 fully saturated rings. The van der Waals surface area contributed by atoms with E-state index in [4.69, 9.17) is 0 Å². The van der Waals surface area contributed by atoms with Gasteiger partial charge in [0.05, 0.1) is 12.2 Å². The summed E-state index contributed by atoms with van der Waals surface area (Å²) in [6.45, 7) is 1.26. The van der Waals surface area contributed by atoms with E-state index in [-0.39, 0.29) is 11.9 Å². The highest BCUT2D eigenvalue weighted by atomic mass is 32.1. The van der Waals surface area contributed by atoms with Crippen LogP contribution in [0.3, 0.4) is 0 Å². The zero-order chi connectivity index (χ0) is 13.9. The molecule has 1 amide bonds. The van der Waals surface area contributed by atoms with Gasteiger partial charge in [-0.1, -0.05) is 0 Å². The predicted molar refractivity (Wildman–Crippen MR) is 77.3 cm³/mol. The number of thiophene rings is 1. The van der Waals surface area contributed by atoms with Crippen molar-refractivity contribution in [3.05, 3.63) is 46.2 Å². The predicted octanol–water partition coefficient (Wildman–Crippen LogP) is 1.38. The van der Waals surface area contributed by atoms with Gasteiger partial charge in [-0.25, -0.2) is 9.97 Å². The summed E-state index contributed by atoms with van der Waals surface area (Å²) in [5, 5.41) is 5.20. The normalized spacial score (nSPS) is 18.8. The van der Waals surface area contributed by atoms with Crippen LogP contribution in [0, 0.1) is 0 Å². The van der Waals surface area contributed by atoms with Crippen molar-refractivity contribution in [1.82, 2.24) is 20.2 Å². The fourth-order valence-electron chi connectivity index (χ4n) is 2.49. The van der Waals surface area contributed by atoms with E-state index >= 15 is 0 Å². The summed E-state index contributed by atoms with van der Waals surface area (Å²) in [5.41, 5.74) is 2.14. The van der Waals surface area contributed by atoms with Gasteiger partial charge < -0.3 is 10.2 Å². The summed E-state index contributed by atoms with van der Waals surface area (Å²) in [5.74, 6) is 0.118. The first-order valence-corrected chi connectivity index (χ1v) is 7.45. The zero-order valence-electron chi connectivity index (χ0n) is 11.2.